The summed E-state index contributed by atoms with van der Waals surface area (Å²) >= 11 is 0. The van der Waals surface area contributed by atoms with Crippen molar-refractivity contribution in [2.24, 2.45) is 0 Å². The molecule has 0 aliphatic carbocycles. The van der Waals surface area contributed by atoms with Gasteiger partial charge in [0.15, 0.2) is 6.29 Å². The highest BCUT2D eigenvalue weighted by Gasteiger charge is 2.44. The lowest BCUT2D eigenvalue weighted by atomic mass is 9.99. The van der Waals surface area contributed by atoms with Crippen LogP contribution in [-0.4, -0.2) is 100 Å². The minimum Gasteiger partial charge on any atom is -0.466 e. The van der Waals surface area contributed by atoms with E-state index in [1.807, 2.05) is 6.08 Å². The van der Waals surface area contributed by atoms with Gasteiger partial charge in [0.25, 0.3) is 0 Å². The summed E-state index contributed by atoms with van der Waals surface area (Å²) in [6, 6.07) is -0.843. The SMILES string of the molecule is CC/C=C/CC/C=C/CC/C=C/C(O)C(COC1OC(CO)C(O)C(O)C1O)NC(=O)CCCCCCCCCCCC/C=C\C=C/CCCCCOC(=O)CCCCCCCCC/C=C\CCCCCCCC. The van der Waals surface area contributed by atoms with E-state index < -0.39 is 49.5 Å². The number of esters is 1. The molecule has 0 radical (unpaired) electrons. The van der Waals surface area contributed by atoms with Crippen molar-refractivity contribution in [3.05, 3.63) is 72.9 Å². The average Bonchev–Trinajstić information content (AvgIpc) is 3.40. The second-order valence-corrected chi connectivity index (χ2v) is 20.7. The summed E-state index contributed by atoms with van der Waals surface area (Å²) in [7, 11) is 0. The summed E-state index contributed by atoms with van der Waals surface area (Å²) in [5.74, 6) is -0.244. The van der Waals surface area contributed by atoms with Gasteiger partial charge in [-0.15, -0.1) is 0 Å². The van der Waals surface area contributed by atoms with Gasteiger partial charge < -0.3 is 45.1 Å². The van der Waals surface area contributed by atoms with Gasteiger partial charge in [0.2, 0.25) is 5.91 Å². The highest BCUT2D eigenvalue weighted by atomic mass is 16.7. The first-order valence-corrected chi connectivity index (χ1v) is 30.2. The van der Waals surface area contributed by atoms with Gasteiger partial charge in [0.1, 0.15) is 24.4 Å². The topological polar surface area (TPSA) is 175 Å². The maximum atomic E-state index is 13.0. The molecule has 11 nitrogen and oxygen atoms in total. The van der Waals surface area contributed by atoms with Crippen molar-refractivity contribution in [2.75, 3.05) is 19.8 Å². The second-order valence-electron chi connectivity index (χ2n) is 20.7. The fourth-order valence-electron chi connectivity index (χ4n) is 8.99. The maximum absolute atomic E-state index is 13.0. The lowest BCUT2D eigenvalue weighted by Crippen LogP contribution is -2.60. The Balaban J connectivity index is 2.06. The number of rotatable bonds is 51. The largest absolute Gasteiger partial charge is 0.466 e. The van der Waals surface area contributed by atoms with Crippen molar-refractivity contribution in [3.63, 3.8) is 0 Å². The quantitative estimate of drug-likeness (QED) is 0.0149. The van der Waals surface area contributed by atoms with E-state index in [9.17, 15) is 35.1 Å². The summed E-state index contributed by atoms with van der Waals surface area (Å²) in [6.45, 7) is 4.13. The summed E-state index contributed by atoms with van der Waals surface area (Å²) in [6.07, 6.45) is 58.7. The molecule has 11 heteroatoms. The van der Waals surface area contributed by atoms with Crippen molar-refractivity contribution in [1.29, 1.82) is 0 Å². The average molecular weight is 1040 g/mol. The molecule has 0 aromatic carbocycles. The Morgan fingerprint density at radius 3 is 1.49 bits per heavy atom. The maximum Gasteiger partial charge on any atom is 0.305 e. The fraction of sp³-hybridized carbons (Fsp3) is 0.778. The standard InChI is InChI=1S/C63H111NO10/c1-3-5-7-9-11-13-15-16-17-21-25-28-31-35-39-43-47-51-59(68)72-52-48-44-40-36-32-29-26-23-20-18-19-22-24-27-30-34-38-42-46-50-58(67)64-55(54-73-63-62(71)61(70)60(69)57(53-65)74-63)56(66)49-45-41-37-33-14-12-10-8-6-4-2/h6,8,14,16-17,23,26,29,32-33,45,49,55-57,60-63,65-66,69-71H,3-5,7,9-13,15,18-22,24-25,27-28,30-31,34-44,46-48,50-54H2,1-2H3,(H,64,67)/b8-6+,17-16-,26-23-,32-29-,33-14+,49-45+. The van der Waals surface area contributed by atoms with Gasteiger partial charge in [-0.1, -0.05) is 202 Å². The molecule has 0 saturated carbocycles. The van der Waals surface area contributed by atoms with Crippen LogP contribution in [0.3, 0.4) is 0 Å². The van der Waals surface area contributed by atoms with Crippen molar-refractivity contribution in [3.8, 4) is 0 Å². The van der Waals surface area contributed by atoms with E-state index in [-0.39, 0.29) is 18.5 Å². The molecule has 7 atom stereocenters. The van der Waals surface area contributed by atoms with E-state index >= 15 is 0 Å². The zero-order chi connectivity index (χ0) is 53.8. The van der Waals surface area contributed by atoms with E-state index in [1.165, 1.54) is 122 Å². The van der Waals surface area contributed by atoms with Crippen LogP contribution in [0.4, 0.5) is 0 Å². The number of carbonyl (C=O) groups excluding carboxylic acids is 2. The first-order chi connectivity index (χ1) is 36.2. The molecule has 6 N–H and O–H groups in total. The molecule has 1 aliphatic rings. The number of ether oxygens (including phenoxy) is 3. The van der Waals surface area contributed by atoms with E-state index in [2.05, 4.69) is 79.9 Å². The predicted molar refractivity (Wildman–Crippen MR) is 306 cm³/mol. The van der Waals surface area contributed by atoms with Crippen LogP contribution in [0.1, 0.15) is 251 Å². The molecular formula is C63H111NO10. The number of amides is 1. The van der Waals surface area contributed by atoms with Gasteiger partial charge >= 0.3 is 5.97 Å². The van der Waals surface area contributed by atoms with Crippen molar-refractivity contribution >= 4 is 11.9 Å². The Kier molecular flexibility index (Phi) is 48.7. The minimum absolute atomic E-state index is 0.0336. The van der Waals surface area contributed by atoms with Crippen LogP contribution >= 0.6 is 0 Å². The number of aliphatic hydroxyl groups excluding tert-OH is 5. The van der Waals surface area contributed by atoms with E-state index in [0.717, 1.165) is 96.3 Å². The van der Waals surface area contributed by atoms with Crippen LogP contribution in [0.25, 0.3) is 0 Å². The lowest BCUT2D eigenvalue weighted by Gasteiger charge is -2.40. The molecule has 0 aromatic rings. The highest BCUT2D eigenvalue weighted by Crippen LogP contribution is 2.23. The molecule has 1 heterocycles. The molecule has 7 unspecified atom stereocenters. The molecule has 0 spiro atoms. The minimum atomic E-state index is -1.58. The molecule has 428 valence electrons. The molecule has 74 heavy (non-hydrogen) atoms. The number of hydrogen-bond acceptors (Lipinski definition) is 10. The third-order valence-corrected chi connectivity index (χ3v) is 13.8. The normalized spacial score (nSPS) is 19.4. The Labute approximate surface area is 451 Å². The van der Waals surface area contributed by atoms with Gasteiger partial charge in [0.05, 0.1) is 32.0 Å². The number of allylic oxidation sites excluding steroid dienone is 11. The van der Waals surface area contributed by atoms with Gasteiger partial charge in [-0.25, -0.2) is 0 Å². The highest BCUT2D eigenvalue weighted by molar-refractivity contribution is 5.76. The monoisotopic (exact) mass is 1040 g/mol. The Hall–Kier alpha value is -2.90. The van der Waals surface area contributed by atoms with E-state index in [4.69, 9.17) is 14.2 Å². The summed E-state index contributed by atoms with van der Waals surface area (Å²) in [4.78, 5) is 25.1. The third-order valence-electron chi connectivity index (χ3n) is 13.8. The molecule has 1 rings (SSSR count). The molecule has 1 fully saturated rings. The predicted octanol–water partition coefficient (Wildman–Crippen LogP) is 14.0. The molecular weight excluding hydrogens is 931 g/mol. The zero-order valence-corrected chi connectivity index (χ0v) is 47.0. The smallest absolute Gasteiger partial charge is 0.305 e. The van der Waals surface area contributed by atoms with Crippen LogP contribution in [-0.2, 0) is 23.8 Å². The number of hydrogen-bond donors (Lipinski definition) is 6. The van der Waals surface area contributed by atoms with Crippen LogP contribution < -0.4 is 5.32 Å². The van der Waals surface area contributed by atoms with Gasteiger partial charge in [-0.3, -0.25) is 9.59 Å². The third kappa shape index (κ3) is 41.3. The van der Waals surface area contributed by atoms with Crippen molar-refractivity contribution in [1.82, 2.24) is 5.32 Å². The molecule has 1 aliphatic heterocycles. The van der Waals surface area contributed by atoms with Crippen LogP contribution in [0.15, 0.2) is 72.9 Å². The Bertz CT molecular complexity index is 1460. The van der Waals surface area contributed by atoms with E-state index in [0.29, 0.717) is 25.9 Å². The lowest BCUT2D eigenvalue weighted by molar-refractivity contribution is -0.302. The van der Waals surface area contributed by atoms with E-state index in [1.54, 1.807) is 6.08 Å². The first-order valence-electron chi connectivity index (χ1n) is 30.2. The Morgan fingerprint density at radius 2 is 0.959 bits per heavy atom. The number of aliphatic hydroxyl groups is 5. The van der Waals surface area contributed by atoms with Gasteiger partial charge in [0, 0.05) is 12.8 Å². The van der Waals surface area contributed by atoms with Crippen molar-refractivity contribution in [2.45, 2.75) is 294 Å². The summed E-state index contributed by atoms with van der Waals surface area (Å²) in [5.41, 5.74) is 0. The second kappa shape index (κ2) is 52.2. The molecule has 0 bridgehead atoms. The van der Waals surface area contributed by atoms with Crippen LogP contribution in [0.2, 0.25) is 0 Å². The molecule has 0 aromatic heterocycles. The number of nitrogens with one attached hydrogen (secondary N) is 1. The molecule has 1 amide bonds. The molecule has 1 saturated heterocycles. The summed E-state index contributed by atoms with van der Waals surface area (Å²) in [5, 5.41) is 54.2. The van der Waals surface area contributed by atoms with Crippen molar-refractivity contribution < 1.29 is 49.3 Å². The first kappa shape index (κ1) is 69.1. The zero-order valence-electron chi connectivity index (χ0n) is 47.0. The van der Waals surface area contributed by atoms with Gasteiger partial charge in [-0.2, -0.15) is 0 Å². The fourth-order valence-corrected chi connectivity index (χ4v) is 8.99. The van der Waals surface area contributed by atoms with Crippen LogP contribution in [0.5, 0.6) is 0 Å². The number of unbranched alkanes of at least 4 members (excludes halogenated alkanes) is 28. The number of carbonyl (C=O) groups is 2. The Morgan fingerprint density at radius 1 is 0.514 bits per heavy atom. The van der Waals surface area contributed by atoms with Crippen LogP contribution in [0, 0.1) is 0 Å². The summed E-state index contributed by atoms with van der Waals surface area (Å²) < 4.78 is 16.6. The van der Waals surface area contributed by atoms with Gasteiger partial charge in [-0.05, 0) is 109 Å².